The molecule has 0 aromatic carbocycles. The molecule has 72 valence electrons. The summed E-state index contributed by atoms with van der Waals surface area (Å²) in [6.07, 6.45) is 6.02. The molecular weight excluding hydrogens is 162 g/mol. The zero-order valence-corrected chi connectivity index (χ0v) is 8.38. The van der Waals surface area contributed by atoms with Crippen LogP contribution in [0.1, 0.15) is 30.5 Å². The summed E-state index contributed by atoms with van der Waals surface area (Å²) in [4.78, 5) is 2.42. The molecule has 1 saturated carbocycles. The Hall–Kier alpha value is -0.830. The number of H-pyrrole nitrogens is 1. The molecule has 1 aliphatic carbocycles. The van der Waals surface area contributed by atoms with E-state index in [0.717, 1.165) is 12.6 Å². The number of rotatable bonds is 3. The van der Waals surface area contributed by atoms with Crippen molar-refractivity contribution < 1.29 is 0 Å². The average Bonchev–Trinajstić information content (AvgIpc) is 2.32. The Morgan fingerprint density at radius 1 is 1.62 bits per heavy atom. The van der Waals surface area contributed by atoms with Gasteiger partial charge in [-0.1, -0.05) is 6.42 Å². The monoisotopic (exact) mass is 179 g/mol. The maximum atomic E-state index is 4.03. The minimum absolute atomic E-state index is 0.808. The molecule has 0 spiro atoms. The number of aryl methyl sites for hydroxylation is 1. The van der Waals surface area contributed by atoms with E-state index >= 15 is 0 Å². The van der Waals surface area contributed by atoms with Crippen molar-refractivity contribution in [1.29, 1.82) is 0 Å². The zero-order valence-electron chi connectivity index (χ0n) is 8.38. The highest BCUT2D eigenvalue weighted by Gasteiger charge is 2.22. The summed E-state index contributed by atoms with van der Waals surface area (Å²) in [6.45, 7) is 3.12. The van der Waals surface area contributed by atoms with Crippen LogP contribution in [0.15, 0.2) is 6.20 Å². The van der Waals surface area contributed by atoms with Crippen LogP contribution < -0.4 is 0 Å². The van der Waals surface area contributed by atoms with Gasteiger partial charge in [-0.05, 0) is 32.4 Å². The lowest BCUT2D eigenvalue weighted by molar-refractivity contribution is 0.151. The number of nitrogens with one attached hydrogen (secondary N) is 1. The van der Waals surface area contributed by atoms with E-state index in [9.17, 15) is 0 Å². The molecule has 1 heterocycles. The average molecular weight is 179 g/mol. The molecular formula is C10H17N3. The highest BCUT2D eigenvalue weighted by atomic mass is 15.2. The van der Waals surface area contributed by atoms with Crippen molar-refractivity contribution in [2.75, 3.05) is 7.05 Å². The standard InChI is InChI=1S/C10H17N3/c1-8-6-11-12-10(8)7-13(2)9-4-3-5-9/h6,9H,3-5,7H2,1-2H3,(H,11,12). The first-order chi connectivity index (χ1) is 6.27. The van der Waals surface area contributed by atoms with E-state index < -0.39 is 0 Å². The van der Waals surface area contributed by atoms with Crippen LogP contribution in [0.25, 0.3) is 0 Å². The number of aromatic amines is 1. The summed E-state index contributed by atoms with van der Waals surface area (Å²) in [5.74, 6) is 0. The van der Waals surface area contributed by atoms with Crippen molar-refractivity contribution in [3.63, 3.8) is 0 Å². The van der Waals surface area contributed by atoms with Crippen LogP contribution in [0.3, 0.4) is 0 Å². The molecule has 0 amide bonds. The van der Waals surface area contributed by atoms with Gasteiger partial charge in [-0.3, -0.25) is 10.00 Å². The molecule has 0 bridgehead atoms. The molecule has 1 aliphatic rings. The second kappa shape index (κ2) is 3.50. The van der Waals surface area contributed by atoms with E-state index in [-0.39, 0.29) is 0 Å². The van der Waals surface area contributed by atoms with Crippen LogP contribution in [0, 0.1) is 6.92 Å². The summed E-state index contributed by atoms with van der Waals surface area (Å²) in [5, 5.41) is 7.07. The Labute approximate surface area is 79.1 Å². The van der Waals surface area contributed by atoms with Crippen molar-refractivity contribution in [2.45, 2.75) is 38.8 Å². The molecule has 0 radical (unpaired) electrons. The number of aromatic nitrogens is 2. The predicted molar refractivity (Wildman–Crippen MR) is 52.4 cm³/mol. The molecule has 1 aromatic rings. The van der Waals surface area contributed by atoms with Gasteiger partial charge in [0.15, 0.2) is 0 Å². The van der Waals surface area contributed by atoms with E-state index in [1.54, 1.807) is 0 Å². The highest BCUT2D eigenvalue weighted by molar-refractivity contribution is 5.13. The highest BCUT2D eigenvalue weighted by Crippen LogP contribution is 2.24. The molecule has 0 atom stereocenters. The maximum absolute atomic E-state index is 4.03. The van der Waals surface area contributed by atoms with Crippen molar-refractivity contribution >= 4 is 0 Å². The summed E-state index contributed by atoms with van der Waals surface area (Å²) < 4.78 is 0. The van der Waals surface area contributed by atoms with Gasteiger partial charge in [0.05, 0.1) is 11.9 Å². The Morgan fingerprint density at radius 3 is 2.85 bits per heavy atom. The fourth-order valence-corrected chi connectivity index (χ4v) is 1.74. The molecule has 1 N–H and O–H groups in total. The summed E-state index contributed by atoms with van der Waals surface area (Å²) in [6, 6.07) is 0.808. The molecule has 0 aliphatic heterocycles. The number of nitrogens with zero attached hydrogens (tertiary/aromatic N) is 2. The lowest BCUT2D eigenvalue weighted by atomic mass is 9.92. The lowest BCUT2D eigenvalue weighted by Crippen LogP contribution is -2.36. The SMILES string of the molecule is Cc1cn[nH]c1CN(C)C1CCC1. The summed E-state index contributed by atoms with van der Waals surface area (Å²) in [5.41, 5.74) is 2.53. The third kappa shape index (κ3) is 1.75. The van der Waals surface area contributed by atoms with Gasteiger partial charge < -0.3 is 0 Å². The van der Waals surface area contributed by atoms with Gasteiger partial charge in [0, 0.05) is 12.6 Å². The Kier molecular flexibility index (Phi) is 2.36. The minimum atomic E-state index is 0.808. The third-order valence-electron chi connectivity index (χ3n) is 3.04. The van der Waals surface area contributed by atoms with Crippen molar-refractivity contribution in [2.24, 2.45) is 0 Å². The van der Waals surface area contributed by atoms with Crippen LogP contribution in [0.4, 0.5) is 0 Å². The van der Waals surface area contributed by atoms with E-state index in [4.69, 9.17) is 0 Å². The van der Waals surface area contributed by atoms with Crippen LogP contribution >= 0.6 is 0 Å². The van der Waals surface area contributed by atoms with Gasteiger partial charge in [-0.25, -0.2) is 0 Å². The smallest absolute Gasteiger partial charge is 0.0521 e. The first kappa shape index (κ1) is 8.75. The maximum Gasteiger partial charge on any atom is 0.0521 e. The van der Waals surface area contributed by atoms with Gasteiger partial charge in [-0.2, -0.15) is 5.10 Å². The Bertz CT molecular complexity index is 275. The fourth-order valence-electron chi connectivity index (χ4n) is 1.74. The summed E-state index contributed by atoms with van der Waals surface area (Å²) >= 11 is 0. The third-order valence-corrected chi connectivity index (χ3v) is 3.04. The molecule has 3 nitrogen and oxygen atoms in total. The second-order valence-electron chi connectivity index (χ2n) is 4.03. The van der Waals surface area contributed by atoms with Crippen molar-refractivity contribution in [3.8, 4) is 0 Å². The van der Waals surface area contributed by atoms with E-state index in [1.165, 1.54) is 30.5 Å². The minimum Gasteiger partial charge on any atom is -0.298 e. The van der Waals surface area contributed by atoms with Crippen LogP contribution in [0.5, 0.6) is 0 Å². The van der Waals surface area contributed by atoms with Crippen LogP contribution in [0.2, 0.25) is 0 Å². The molecule has 1 fully saturated rings. The van der Waals surface area contributed by atoms with Crippen LogP contribution in [-0.2, 0) is 6.54 Å². The first-order valence-electron chi connectivity index (χ1n) is 4.96. The first-order valence-corrected chi connectivity index (χ1v) is 4.96. The molecule has 0 unspecified atom stereocenters. The second-order valence-corrected chi connectivity index (χ2v) is 4.03. The quantitative estimate of drug-likeness (QED) is 0.766. The molecule has 1 aromatic heterocycles. The molecule has 13 heavy (non-hydrogen) atoms. The topological polar surface area (TPSA) is 31.9 Å². The Balaban J connectivity index is 1.93. The molecule has 2 rings (SSSR count). The van der Waals surface area contributed by atoms with E-state index in [1.807, 2.05) is 6.20 Å². The van der Waals surface area contributed by atoms with Gasteiger partial charge in [0.25, 0.3) is 0 Å². The normalized spacial score (nSPS) is 17.8. The number of hydrogen-bond acceptors (Lipinski definition) is 2. The zero-order chi connectivity index (χ0) is 9.26. The number of hydrogen-bond donors (Lipinski definition) is 1. The van der Waals surface area contributed by atoms with Crippen LogP contribution in [-0.4, -0.2) is 28.2 Å². The van der Waals surface area contributed by atoms with E-state index in [2.05, 4.69) is 29.1 Å². The summed E-state index contributed by atoms with van der Waals surface area (Å²) in [7, 11) is 2.20. The van der Waals surface area contributed by atoms with Gasteiger partial charge >= 0.3 is 0 Å². The van der Waals surface area contributed by atoms with Gasteiger partial charge in [0.1, 0.15) is 0 Å². The molecule has 3 heteroatoms. The predicted octanol–water partition coefficient (Wildman–Crippen LogP) is 1.70. The lowest BCUT2D eigenvalue weighted by Gasteiger charge is -2.34. The van der Waals surface area contributed by atoms with Gasteiger partial charge in [0.2, 0.25) is 0 Å². The van der Waals surface area contributed by atoms with E-state index in [0.29, 0.717) is 0 Å². The largest absolute Gasteiger partial charge is 0.298 e. The fraction of sp³-hybridized carbons (Fsp3) is 0.700. The van der Waals surface area contributed by atoms with Crippen molar-refractivity contribution in [1.82, 2.24) is 15.1 Å². The van der Waals surface area contributed by atoms with Gasteiger partial charge in [-0.15, -0.1) is 0 Å². The molecule has 0 saturated heterocycles. The van der Waals surface area contributed by atoms with Crippen molar-refractivity contribution in [3.05, 3.63) is 17.5 Å². The Morgan fingerprint density at radius 2 is 2.38 bits per heavy atom.